The predicted octanol–water partition coefficient (Wildman–Crippen LogP) is 1.62. The van der Waals surface area contributed by atoms with Crippen molar-refractivity contribution in [1.29, 1.82) is 0 Å². The van der Waals surface area contributed by atoms with Crippen molar-refractivity contribution >= 4 is 21.3 Å². The van der Waals surface area contributed by atoms with Gasteiger partial charge in [-0.15, -0.1) is 0 Å². The predicted molar refractivity (Wildman–Crippen MR) is 64.9 cm³/mol. The van der Waals surface area contributed by atoms with Gasteiger partial charge in [0.05, 0.1) is 0 Å². The van der Waals surface area contributed by atoms with E-state index < -0.39 is 9.84 Å². The number of aromatic nitrogens is 2. The number of hydrogen-bond donors (Lipinski definition) is 1. The summed E-state index contributed by atoms with van der Waals surface area (Å²) in [5.74, 6) is 0.451. The van der Waals surface area contributed by atoms with Crippen molar-refractivity contribution < 1.29 is 8.42 Å². The number of nitrogens with zero attached hydrogens (tertiary/aromatic N) is 2. The molecule has 0 amide bonds. The lowest BCUT2D eigenvalue weighted by Crippen LogP contribution is -2.03. The summed E-state index contributed by atoms with van der Waals surface area (Å²) < 4.78 is 22.6. The average Bonchev–Trinajstić information content (AvgIpc) is 2.29. The van der Waals surface area contributed by atoms with Crippen LogP contribution in [0.2, 0.25) is 0 Å². The van der Waals surface area contributed by atoms with E-state index in [1.165, 1.54) is 12.4 Å². The van der Waals surface area contributed by atoms with Crippen LogP contribution in [0.3, 0.4) is 0 Å². The molecule has 0 spiro atoms. The topological polar surface area (TPSA) is 72.0 Å². The van der Waals surface area contributed by atoms with Crippen LogP contribution in [-0.2, 0) is 9.84 Å². The third kappa shape index (κ3) is 3.01. The first-order chi connectivity index (χ1) is 8.05. The van der Waals surface area contributed by atoms with E-state index in [0.717, 1.165) is 11.9 Å². The van der Waals surface area contributed by atoms with Gasteiger partial charge in [0.1, 0.15) is 12.1 Å². The number of rotatable bonds is 3. The number of para-hydroxylation sites is 1. The fourth-order valence-corrected chi connectivity index (χ4v) is 1.84. The van der Waals surface area contributed by atoms with Crippen LogP contribution in [0, 0.1) is 0 Å². The van der Waals surface area contributed by atoms with Gasteiger partial charge in [-0.1, -0.05) is 18.2 Å². The Morgan fingerprint density at radius 2 is 1.82 bits per heavy atom. The summed E-state index contributed by atoms with van der Waals surface area (Å²) >= 11 is 0. The highest BCUT2D eigenvalue weighted by atomic mass is 32.2. The van der Waals surface area contributed by atoms with E-state index in [1.54, 1.807) is 0 Å². The quantitative estimate of drug-likeness (QED) is 0.837. The highest BCUT2D eigenvalue weighted by Gasteiger charge is 2.09. The van der Waals surface area contributed by atoms with E-state index >= 15 is 0 Å². The second kappa shape index (κ2) is 4.50. The van der Waals surface area contributed by atoms with Crippen LogP contribution in [0.25, 0.3) is 0 Å². The molecule has 0 saturated carbocycles. The maximum Gasteiger partial charge on any atom is 0.192 e. The van der Waals surface area contributed by atoms with Crippen molar-refractivity contribution in [3.63, 3.8) is 0 Å². The van der Waals surface area contributed by atoms with Gasteiger partial charge in [-0.25, -0.2) is 18.4 Å². The van der Waals surface area contributed by atoms with E-state index in [2.05, 4.69) is 15.3 Å². The first kappa shape index (κ1) is 11.5. The molecule has 0 radical (unpaired) electrons. The second-order valence-corrected chi connectivity index (χ2v) is 5.47. The number of hydrogen-bond acceptors (Lipinski definition) is 5. The summed E-state index contributed by atoms with van der Waals surface area (Å²) in [6.45, 7) is 0. The summed E-state index contributed by atoms with van der Waals surface area (Å²) in [5, 5.41) is 3.01. The van der Waals surface area contributed by atoms with Gasteiger partial charge in [-0.2, -0.15) is 0 Å². The van der Waals surface area contributed by atoms with Crippen molar-refractivity contribution in [3.8, 4) is 0 Å². The molecule has 2 aromatic rings. The molecule has 0 fully saturated rings. The van der Waals surface area contributed by atoms with Crippen molar-refractivity contribution in [2.45, 2.75) is 5.03 Å². The number of anilines is 2. The zero-order valence-corrected chi connectivity index (χ0v) is 9.98. The minimum atomic E-state index is -3.31. The SMILES string of the molecule is CS(=O)(=O)c1cc(Nc2ccccc2)ncn1. The average molecular weight is 249 g/mol. The molecule has 1 heterocycles. The third-order valence-corrected chi connectivity index (χ3v) is 3.05. The first-order valence-corrected chi connectivity index (χ1v) is 6.79. The van der Waals surface area contributed by atoms with Crippen LogP contribution >= 0.6 is 0 Å². The molecule has 0 unspecified atom stereocenters. The van der Waals surface area contributed by atoms with Gasteiger partial charge in [0.15, 0.2) is 14.9 Å². The molecular weight excluding hydrogens is 238 g/mol. The van der Waals surface area contributed by atoms with Gasteiger partial charge >= 0.3 is 0 Å². The Hall–Kier alpha value is -1.95. The van der Waals surface area contributed by atoms with E-state index in [0.29, 0.717) is 5.82 Å². The molecule has 88 valence electrons. The summed E-state index contributed by atoms with van der Waals surface area (Å²) in [4.78, 5) is 7.67. The maximum absolute atomic E-state index is 11.3. The maximum atomic E-state index is 11.3. The molecular formula is C11H11N3O2S. The Morgan fingerprint density at radius 1 is 1.12 bits per heavy atom. The highest BCUT2D eigenvalue weighted by Crippen LogP contribution is 2.15. The lowest BCUT2D eigenvalue weighted by Gasteiger charge is -2.05. The zero-order chi connectivity index (χ0) is 12.3. The minimum Gasteiger partial charge on any atom is -0.340 e. The lowest BCUT2D eigenvalue weighted by molar-refractivity contribution is 0.598. The van der Waals surface area contributed by atoms with Gasteiger partial charge in [-0.3, -0.25) is 0 Å². The Bertz CT molecular complexity index is 612. The first-order valence-electron chi connectivity index (χ1n) is 4.90. The van der Waals surface area contributed by atoms with Crippen LogP contribution < -0.4 is 5.32 Å². The fraction of sp³-hybridized carbons (Fsp3) is 0.0909. The number of sulfone groups is 1. The van der Waals surface area contributed by atoms with E-state index in [9.17, 15) is 8.42 Å². The summed E-state index contributed by atoms with van der Waals surface area (Å²) in [6, 6.07) is 10.8. The molecule has 1 aromatic carbocycles. The Balaban J connectivity index is 2.29. The molecule has 1 N–H and O–H groups in total. The molecule has 6 heteroatoms. The van der Waals surface area contributed by atoms with Crippen molar-refractivity contribution in [2.75, 3.05) is 11.6 Å². The molecule has 5 nitrogen and oxygen atoms in total. The van der Waals surface area contributed by atoms with Crippen molar-refractivity contribution in [3.05, 3.63) is 42.7 Å². The molecule has 0 aliphatic rings. The Kier molecular flexibility index (Phi) is 3.06. The molecule has 2 rings (SSSR count). The Morgan fingerprint density at radius 3 is 2.47 bits per heavy atom. The standard InChI is InChI=1S/C11H11N3O2S/c1-17(15,16)11-7-10(12-8-13-11)14-9-5-3-2-4-6-9/h2-8H,1H3,(H,12,13,14). The minimum absolute atomic E-state index is 0.00549. The number of benzene rings is 1. The molecule has 0 bridgehead atoms. The third-order valence-electron chi connectivity index (χ3n) is 2.07. The zero-order valence-electron chi connectivity index (χ0n) is 9.16. The molecule has 17 heavy (non-hydrogen) atoms. The van der Waals surface area contributed by atoms with Crippen LogP contribution in [0.5, 0.6) is 0 Å². The van der Waals surface area contributed by atoms with E-state index in [4.69, 9.17) is 0 Å². The van der Waals surface area contributed by atoms with E-state index in [-0.39, 0.29) is 5.03 Å². The molecule has 0 aliphatic heterocycles. The number of nitrogens with one attached hydrogen (secondary N) is 1. The molecule has 0 aliphatic carbocycles. The summed E-state index contributed by atoms with van der Waals surface area (Å²) in [5.41, 5.74) is 0.839. The van der Waals surface area contributed by atoms with Crippen LogP contribution in [0.15, 0.2) is 47.8 Å². The fourth-order valence-electron chi connectivity index (χ4n) is 1.28. The van der Waals surface area contributed by atoms with Gasteiger partial charge in [0.25, 0.3) is 0 Å². The van der Waals surface area contributed by atoms with Gasteiger partial charge < -0.3 is 5.32 Å². The van der Waals surface area contributed by atoms with E-state index in [1.807, 2.05) is 30.3 Å². The summed E-state index contributed by atoms with van der Waals surface area (Å²) in [6.07, 6.45) is 2.34. The van der Waals surface area contributed by atoms with Crippen LogP contribution in [0.4, 0.5) is 11.5 Å². The van der Waals surface area contributed by atoms with Gasteiger partial charge in [-0.05, 0) is 12.1 Å². The largest absolute Gasteiger partial charge is 0.340 e. The van der Waals surface area contributed by atoms with Crippen LogP contribution in [-0.4, -0.2) is 24.6 Å². The molecule has 0 saturated heterocycles. The van der Waals surface area contributed by atoms with Gasteiger partial charge in [0, 0.05) is 18.0 Å². The molecule has 0 atom stereocenters. The highest BCUT2D eigenvalue weighted by molar-refractivity contribution is 7.90. The van der Waals surface area contributed by atoms with Crippen molar-refractivity contribution in [1.82, 2.24) is 9.97 Å². The lowest BCUT2D eigenvalue weighted by atomic mass is 10.3. The van der Waals surface area contributed by atoms with Crippen LogP contribution in [0.1, 0.15) is 0 Å². The van der Waals surface area contributed by atoms with Gasteiger partial charge in [0.2, 0.25) is 0 Å². The second-order valence-electron chi connectivity index (χ2n) is 3.50. The monoisotopic (exact) mass is 249 g/mol. The van der Waals surface area contributed by atoms with Crippen molar-refractivity contribution in [2.24, 2.45) is 0 Å². The Labute approximate surface area is 99.5 Å². The normalized spacial score (nSPS) is 11.1. The smallest absolute Gasteiger partial charge is 0.192 e. The summed E-state index contributed by atoms with van der Waals surface area (Å²) in [7, 11) is -3.31. The molecule has 1 aromatic heterocycles.